The molecule has 1 aromatic rings. The Morgan fingerprint density at radius 2 is 1.88 bits per heavy atom. The van der Waals surface area contributed by atoms with E-state index < -0.39 is 28.9 Å². The van der Waals surface area contributed by atoms with Gasteiger partial charge in [-0.3, -0.25) is 4.21 Å². The molecule has 0 radical (unpaired) electrons. The highest BCUT2D eigenvalue weighted by Gasteiger charge is 2.28. The topological polar surface area (TPSA) is 92.7 Å². The molecule has 0 aliphatic carbocycles. The van der Waals surface area contributed by atoms with Gasteiger partial charge >= 0.3 is 12.1 Å². The van der Waals surface area contributed by atoms with E-state index in [1.165, 1.54) is 7.11 Å². The van der Waals surface area contributed by atoms with Crippen LogP contribution in [0.2, 0.25) is 0 Å². The molecule has 0 aliphatic rings. The number of ether oxygens (including phenoxy) is 1. The fourth-order valence-electron chi connectivity index (χ4n) is 2.77. The summed E-state index contributed by atoms with van der Waals surface area (Å²) in [4.78, 5) is 22.9. The van der Waals surface area contributed by atoms with Gasteiger partial charge < -0.3 is 15.2 Å². The lowest BCUT2D eigenvalue weighted by Gasteiger charge is -2.22. The molecule has 0 saturated carbocycles. The lowest BCUT2D eigenvalue weighted by atomic mass is 10.0. The molecule has 0 heterocycles. The summed E-state index contributed by atoms with van der Waals surface area (Å²) < 4.78 is 17.5. The van der Waals surface area contributed by atoms with Crippen LogP contribution in [0.1, 0.15) is 44.6 Å². The third kappa shape index (κ3) is 8.47. The molecule has 2 unspecified atom stereocenters. The predicted molar refractivity (Wildman–Crippen MR) is 103 cm³/mol. The van der Waals surface area contributed by atoms with Crippen molar-refractivity contribution >= 4 is 22.9 Å². The highest BCUT2D eigenvalue weighted by atomic mass is 32.2. The van der Waals surface area contributed by atoms with Crippen molar-refractivity contribution < 1.29 is 23.6 Å². The molecule has 146 valence electrons. The van der Waals surface area contributed by atoms with Gasteiger partial charge in [-0.25, -0.2) is 9.59 Å². The molecule has 7 heteroatoms. The van der Waals surface area contributed by atoms with Gasteiger partial charge in [0.25, 0.3) is 0 Å². The minimum atomic E-state index is -1.30. The highest BCUT2D eigenvalue weighted by Crippen LogP contribution is 2.16. The summed E-state index contributed by atoms with van der Waals surface area (Å²) in [5.41, 5.74) is 1.01. The Hall–Kier alpha value is -1.89. The average molecular weight is 384 g/mol. The van der Waals surface area contributed by atoms with Gasteiger partial charge in [-0.15, -0.1) is 0 Å². The molecule has 3 atom stereocenters. The van der Waals surface area contributed by atoms with Gasteiger partial charge in [-0.05, 0) is 24.8 Å². The second-order valence-electron chi connectivity index (χ2n) is 6.22. The van der Waals surface area contributed by atoms with Crippen molar-refractivity contribution in [3.05, 3.63) is 35.9 Å². The zero-order valence-corrected chi connectivity index (χ0v) is 16.3. The van der Waals surface area contributed by atoms with Gasteiger partial charge in [0.15, 0.2) is 0 Å². The number of carbonyl (C=O) groups excluding carboxylic acids is 1. The van der Waals surface area contributed by atoms with Crippen LogP contribution in [-0.4, -0.2) is 45.5 Å². The number of unbranched alkanes of at least 4 members (excludes halogenated alkanes) is 3. The van der Waals surface area contributed by atoms with E-state index in [2.05, 4.69) is 12.2 Å². The van der Waals surface area contributed by atoms with Crippen molar-refractivity contribution in [1.29, 1.82) is 0 Å². The van der Waals surface area contributed by atoms with Gasteiger partial charge in [-0.2, -0.15) is 0 Å². The van der Waals surface area contributed by atoms with Gasteiger partial charge in [0.05, 0.1) is 7.11 Å². The van der Waals surface area contributed by atoms with E-state index in [1.54, 1.807) is 0 Å². The van der Waals surface area contributed by atoms with E-state index in [0.29, 0.717) is 12.2 Å². The first-order chi connectivity index (χ1) is 12.5. The van der Waals surface area contributed by atoms with E-state index in [4.69, 9.17) is 9.84 Å². The van der Waals surface area contributed by atoms with Crippen molar-refractivity contribution in [2.24, 2.45) is 0 Å². The van der Waals surface area contributed by atoms with Crippen molar-refractivity contribution in [1.82, 2.24) is 5.32 Å². The Balaban J connectivity index is 2.84. The number of carbonyl (C=O) groups is 2. The van der Waals surface area contributed by atoms with Gasteiger partial charge in [-0.1, -0.05) is 56.5 Å². The zero-order chi connectivity index (χ0) is 19.4. The summed E-state index contributed by atoms with van der Waals surface area (Å²) in [5, 5.41) is 10.8. The summed E-state index contributed by atoms with van der Waals surface area (Å²) in [5.74, 6) is -0.105. The quantitative estimate of drug-likeness (QED) is 0.427. The molecule has 26 heavy (non-hydrogen) atoms. The molecule has 6 nitrogen and oxygen atoms in total. The van der Waals surface area contributed by atoms with E-state index in [1.807, 2.05) is 30.3 Å². The monoisotopic (exact) mass is 383 g/mol. The largest absolute Gasteiger partial charge is 0.467 e. The Labute approximate surface area is 157 Å². The highest BCUT2D eigenvalue weighted by molar-refractivity contribution is 7.85. The van der Waals surface area contributed by atoms with Crippen LogP contribution in [0.5, 0.6) is 0 Å². The molecule has 1 aromatic carbocycles. The van der Waals surface area contributed by atoms with Crippen LogP contribution >= 0.6 is 0 Å². The van der Waals surface area contributed by atoms with Crippen LogP contribution in [-0.2, 0) is 26.8 Å². The maximum atomic E-state index is 12.8. The SMILES string of the molecule is CCCCCCS(=O)[C@H](Cc1ccccc1)CC(NC(=O)O)C(=O)OC. The second-order valence-corrected chi connectivity index (χ2v) is 8.05. The molecule has 0 bridgehead atoms. The Bertz CT molecular complexity index is 579. The van der Waals surface area contributed by atoms with Crippen molar-refractivity contribution in [3.8, 4) is 0 Å². The number of hydrogen-bond acceptors (Lipinski definition) is 4. The maximum Gasteiger partial charge on any atom is 0.405 e. The number of carboxylic acid groups (broad SMARTS) is 1. The zero-order valence-electron chi connectivity index (χ0n) is 15.5. The van der Waals surface area contributed by atoms with E-state index >= 15 is 0 Å². The smallest absolute Gasteiger partial charge is 0.405 e. The van der Waals surface area contributed by atoms with E-state index in [-0.39, 0.29) is 11.7 Å². The first kappa shape index (κ1) is 22.2. The van der Waals surface area contributed by atoms with Crippen LogP contribution in [0.4, 0.5) is 4.79 Å². The van der Waals surface area contributed by atoms with E-state index in [9.17, 15) is 13.8 Å². The normalized spacial score (nSPS) is 14.2. The summed E-state index contributed by atoms with van der Waals surface area (Å²) in [6.45, 7) is 2.12. The summed E-state index contributed by atoms with van der Waals surface area (Å²) in [6, 6.07) is 8.58. The van der Waals surface area contributed by atoms with Gasteiger partial charge in [0.1, 0.15) is 6.04 Å². The number of methoxy groups -OCH3 is 1. The molecular formula is C19H29NO5S. The van der Waals surface area contributed by atoms with Crippen molar-refractivity contribution in [2.45, 2.75) is 56.7 Å². The molecule has 0 spiro atoms. The molecule has 0 aliphatic heterocycles. The molecule has 0 aromatic heterocycles. The first-order valence-electron chi connectivity index (χ1n) is 8.96. The Morgan fingerprint density at radius 3 is 2.46 bits per heavy atom. The average Bonchev–Trinajstić information content (AvgIpc) is 2.63. The van der Waals surface area contributed by atoms with Crippen LogP contribution in [0.25, 0.3) is 0 Å². The fourth-order valence-corrected chi connectivity index (χ4v) is 4.37. The summed E-state index contributed by atoms with van der Waals surface area (Å²) >= 11 is 0. The van der Waals surface area contributed by atoms with Gasteiger partial charge in [0.2, 0.25) is 0 Å². The van der Waals surface area contributed by atoms with Crippen molar-refractivity contribution in [2.75, 3.05) is 12.9 Å². The van der Waals surface area contributed by atoms with Crippen LogP contribution in [0.3, 0.4) is 0 Å². The molecular weight excluding hydrogens is 354 g/mol. The minimum absolute atomic E-state index is 0.147. The Morgan fingerprint density at radius 1 is 1.19 bits per heavy atom. The number of benzene rings is 1. The predicted octanol–water partition coefficient (Wildman–Crippen LogP) is 3.13. The number of esters is 1. The summed E-state index contributed by atoms with van der Waals surface area (Å²) in [6.07, 6.45) is 3.46. The fraction of sp³-hybridized carbons (Fsp3) is 0.579. The van der Waals surface area contributed by atoms with Gasteiger partial charge in [0, 0.05) is 21.8 Å². The van der Waals surface area contributed by atoms with Crippen LogP contribution in [0.15, 0.2) is 30.3 Å². The second kappa shape index (κ2) is 12.5. The molecule has 2 N–H and O–H groups in total. The first-order valence-corrected chi connectivity index (χ1v) is 10.3. The lowest BCUT2D eigenvalue weighted by molar-refractivity contribution is -0.143. The number of hydrogen-bond donors (Lipinski definition) is 2. The summed E-state index contributed by atoms with van der Waals surface area (Å²) in [7, 11) is 0.0586. The molecule has 1 rings (SSSR count). The standard InChI is InChI=1S/C19H29NO5S/c1-3-4-5-9-12-26(24)16(13-15-10-7-6-8-11-15)14-17(18(21)25-2)20-19(22)23/h6-8,10-11,16-17,20H,3-5,9,12-14H2,1-2H3,(H,22,23)/t16-,17?,26?/m1/s1. The number of amides is 1. The lowest BCUT2D eigenvalue weighted by Crippen LogP contribution is -2.44. The third-order valence-corrected chi connectivity index (χ3v) is 5.95. The minimum Gasteiger partial charge on any atom is -0.467 e. The van der Waals surface area contributed by atoms with Crippen molar-refractivity contribution in [3.63, 3.8) is 0 Å². The number of rotatable bonds is 12. The molecule has 0 fully saturated rings. The molecule has 1 amide bonds. The van der Waals surface area contributed by atoms with E-state index in [0.717, 1.165) is 31.2 Å². The third-order valence-electron chi connectivity index (χ3n) is 4.16. The van der Waals surface area contributed by atoms with Crippen LogP contribution in [0, 0.1) is 0 Å². The molecule has 0 saturated heterocycles. The van der Waals surface area contributed by atoms with Crippen LogP contribution < -0.4 is 5.32 Å². The maximum absolute atomic E-state index is 12.8. The number of nitrogens with one attached hydrogen (secondary N) is 1. The Kier molecular flexibility index (Phi) is 10.6.